The third kappa shape index (κ3) is 3.23. The average molecular weight is 407 g/mol. The maximum Gasteiger partial charge on any atom is 1.00 e. The molecule has 5 heteroatoms. The number of pyridine rings is 1. The van der Waals surface area contributed by atoms with Gasteiger partial charge in [0.25, 0.3) is 0 Å². The van der Waals surface area contributed by atoms with Crippen LogP contribution in [-0.4, -0.2) is 18.7 Å². The van der Waals surface area contributed by atoms with E-state index in [0.29, 0.717) is 16.7 Å². The van der Waals surface area contributed by atoms with Crippen molar-refractivity contribution in [2.24, 2.45) is 22.7 Å². The molecule has 0 radical (unpaired) electrons. The predicted molar refractivity (Wildman–Crippen MR) is 110 cm³/mol. The monoisotopic (exact) mass is 406 g/mol. The van der Waals surface area contributed by atoms with Gasteiger partial charge in [-0.1, -0.05) is 34.1 Å². The molecule has 0 aliphatic heterocycles. The lowest BCUT2D eigenvalue weighted by Gasteiger charge is -2.64. The van der Waals surface area contributed by atoms with Crippen LogP contribution < -0.4 is 4.57 Å². The van der Waals surface area contributed by atoms with Crippen LogP contribution in [0.1, 0.15) is 78.8 Å². The summed E-state index contributed by atoms with van der Waals surface area (Å²) in [6.07, 6.45) is 13.0. The second-order valence-corrected chi connectivity index (χ2v) is 12.4. The molecule has 1 aromatic rings. The Hall–Kier alpha value is -0.940. The minimum absolute atomic E-state index is 0. The van der Waals surface area contributed by atoms with E-state index in [4.69, 9.17) is 0 Å². The van der Waals surface area contributed by atoms with Gasteiger partial charge in [-0.15, -0.1) is 0 Å². The highest BCUT2D eigenvalue weighted by Crippen LogP contribution is 2.66. The number of aryl methyl sites for hydroxylation is 2. The smallest absolute Gasteiger partial charge is 0.748 e. The molecule has 0 N–H and O–H groups in total. The molecule has 2 unspecified atom stereocenters. The number of nitrogens with zero attached hydrogens (tertiary/aromatic N) is 1. The summed E-state index contributed by atoms with van der Waals surface area (Å²) in [6.45, 7) is 10.3. The van der Waals surface area contributed by atoms with Crippen molar-refractivity contribution in [3.05, 3.63) is 29.6 Å². The first-order valence-electron chi connectivity index (χ1n) is 10.9. The first-order chi connectivity index (χ1) is 13.0. The lowest BCUT2D eigenvalue weighted by molar-refractivity contribution is -0.693. The maximum atomic E-state index is 11.0. The molecular weight excluding hydrogens is 370 g/mol. The summed E-state index contributed by atoms with van der Waals surface area (Å²) in [5.41, 5.74) is 3.87. The minimum atomic E-state index is -4.18. The molecule has 4 nitrogen and oxygen atoms in total. The van der Waals surface area contributed by atoms with E-state index in [2.05, 4.69) is 40.0 Å². The second kappa shape index (κ2) is 6.53. The number of rotatable bonds is 3. The standard InChI is InChI=1S/C23H35NO3S/c1-21(2)10-5-11-23(4)19(21)8-12-22(3)18-9-13-24(14-15-28(25,26)27)16-17(18)6-7-20(22)23/h9,13,16,19-20H,5-8,10-12,14-15H2,1-4H3/p+1/t19?,20?,22-,23-/m0/s1. The van der Waals surface area contributed by atoms with E-state index in [1.807, 2.05) is 10.8 Å². The van der Waals surface area contributed by atoms with E-state index in [1.54, 1.807) is 0 Å². The van der Waals surface area contributed by atoms with Gasteiger partial charge in [-0.2, -0.15) is 0 Å². The van der Waals surface area contributed by atoms with Gasteiger partial charge in [-0.3, -0.25) is 0 Å². The van der Waals surface area contributed by atoms with Crippen LogP contribution in [0.4, 0.5) is 0 Å². The zero-order valence-electron chi connectivity index (χ0n) is 18.8. The van der Waals surface area contributed by atoms with Crippen LogP contribution in [0.2, 0.25) is 0 Å². The van der Waals surface area contributed by atoms with E-state index in [0.717, 1.165) is 12.3 Å². The fourth-order valence-electron chi connectivity index (χ4n) is 7.62. The van der Waals surface area contributed by atoms with Crippen LogP contribution in [-0.2, 0) is 28.5 Å². The van der Waals surface area contributed by atoms with Crippen molar-refractivity contribution in [3.8, 4) is 0 Å². The molecule has 4 atom stereocenters. The lowest BCUT2D eigenvalue weighted by atomic mass is 9.41. The molecule has 4 rings (SSSR count). The topological polar surface area (TPSA) is 61.1 Å². The Kier molecular flexibility index (Phi) is 4.74. The molecule has 1 aromatic heterocycles. The molecule has 28 heavy (non-hydrogen) atoms. The van der Waals surface area contributed by atoms with Gasteiger partial charge in [0.05, 0.1) is 5.75 Å². The van der Waals surface area contributed by atoms with Gasteiger partial charge in [-0.05, 0) is 72.2 Å². The summed E-state index contributed by atoms with van der Waals surface area (Å²) in [5, 5.41) is 0. The van der Waals surface area contributed by atoms with E-state index in [1.165, 1.54) is 49.7 Å². The molecule has 0 spiro atoms. The van der Waals surface area contributed by atoms with E-state index < -0.39 is 10.1 Å². The number of fused-ring (bicyclic) bond motifs is 5. The normalized spacial score (nSPS) is 36.9. The first-order valence-corrected chi connectivity index (χ1v) is 12.5. The van der Waals surface area contributed by atoms with Crippen LogP contribution in [0.25, 0.3) is 0 Å². The van der Waals surface area contributed by atoms with Crippen molar-refractivity contribution < 1.29 is 19.0 Å². The van der Waals surface area contributed by atoms with Crippen LogP contribution in [0.3, 0.4) is 0 Å². The molecule has 0 aromatic carbocycles. The highest BCUT2D eigenvalue weighted by atomic mass is 32.2. The molecule has 0 amide bonds. The van der Waals surface area contributed by atoms with Gasteiger partial charge in [0.2, 0.25) is 0 Å². The highest BCUT2D eigenvalue weighted by molar-refractivity contribution is 7.85. The Morgan fingerprint density at radius 2 is 1.89 bits per heavy atom. The van der Waals surface area contributed by atoms with Crippen molar-refractivity contribution in [3.63, 3.8) is 0 Å². The van der Waals surface area contributed by atoms with Gasteiger partial charge < -0.3 is 4.55 Å². The molecule has 3 aliphatic carbocycles. The molecule has 2 saturated carbocycles. The Bertz CT molecular complexity index is 884. The SMILES string of the molecule is CC1(C)CCC[C@@]2(C)C1CC[C@@]1(C)c3cc[n+](CCS(=O)(=O)[O-])cc3CCC21.[H+]. The molecule has 156 valence electrons. The third-order valence-corrected chi connectivity index (χ3v) is 9.49. The summed E-state index contributed by atoms with van der Waals surface area (Å²) >= 11 is 0. The fraction of sp³-hybridized carbons (Fsp3) is 0.783. The van der Waals surface area contributed by atoms with Crippen LogP contribution in [0.5, 0.6) is 0 Å². The van der Waals surface area contributed by atoms with Crippen molar-refractivity contribution in [1.29, 1.82) is 0 Å². The third-order valence-electron chi connectivity index (χ3n) is 8.81. The molecule has 0 bridgehead atoms. The van der Waals surface area contributed by atoms with Crippen molar-refractivity contribution >= 4 is 10.1 Å². The summed E-state index contributed by atoms with van der Waals surface area (Å²) in [6, 6.07) is 2.22. The van der Waals surface area contributed by atoms with Crippen molar-refractivity contribution in [2.45, 2.75) is 84.6 Å². The summed E-state index contributed by atoms with van der Waals surface area (Å²) in [5.74, 6) is 1.18. The van der Waals surface area contributed by atoms with E-state index in [-0.39, 0.29) is 19.1 Å². The zero-order chi connectivity index (χ0) is 20.4. The molecule has 3 aliphatic rings. The molecular formula is C23H36NO3S+. The van der Waals surface area contributed by atoms with Gasteiger partial charge in [0.1, 0.15) is 10.1 Å². The van der Waals surface area contributed by atoms with Gasteiger partial charge in [-0.25, -0.2) is 13.0 Å². The van der Waals surface area contributed by atoms with Crippen molar-refractivity contribution in [1.82, 2.24) is 0 Å². The zero-order valence-corrected chi connectivity index (χ0v) is 18.6. The van der Waals surface area contributed by atoms with Gasteiger partial charge in [0, 0.05) is 11.6 Å². The van der Waals surface area contributed by atoms with Gasteiger partial charge >= 0.3 is 1.43 Å². The Balaban J connectivity index is 0.00000240. The summed E-state index contributed by atoms with van der Waals surface area (Å²) in [7, 11) is -4.18. The van der Waals surface area contributed by atoms with Gasteiger partial charge in [0.15, 0.2) is 18.9 Å². The van der Waals surface area contributed by atoms with E-state index >= 15 is 0 Å². The number of hydrogen-bond acceptors (Lipinski definition) is 3. The quantitative estimate of drug-likeness (QED) is 0.561. The Morgan fingerprint density at radius 3 is 2.61 bits per heavy atom. The number of hydrogen-bond donors (Lipinski definition) is 0. The van der Waals surface area contributed by atoms with Crippen LogP contribution >= 0.6 is 0 Å². The van der Waals surface area contributed by atoms with Crippen LogP contribution in [0, 0.1) is 22.7 Å². The average Bonchev–Trinajstić information content (AvgIpc) is 2.58. The maximum absolute atomic E-state index is 11.0. The molecule has 1 heterocycles. The predicted octanol–water partition coefficient (Wildman–Crippen LogP) is 4.08. The largest absolute Gasteiger partial charge is 1.00 e. The van der Waals surface area contributed by atoms with Crippen LogP contribution in [0.15, 0.2) is 18.5 Å². The second-order valence-electron chi connectivity index (χ2n) is 10.8. The van der Waals surface area contributed by atoms with Crippen molar-refractivity contribution in [2.75, 3.05) is 5.75 Å². The molecule has 0 saturated heterocycles. The minimum Gasteiger partial charge on any atom is -0.748 e. The Labute approximate surface area is 172 Å². The summed E-state index contributed by atoms with van der Waals surface area (Å²) < 4.78 is 34.8. The highest BCUT2D eigenvalue weighted by Gasteiger charge is 2.59. The number of aromatic nitrogens is 1. The first kappa shape index (κ1) is 20.3. The fourth-order valence-corrected chi connectivity index (χ4v) is 8.06. The summed E-state index contributed by atoms with van der Waals surface area (Å²) in [4.78, 5) is 0. The lowest BCUT2D eigenvalue weighted by Crippen LogP contribution is -2.58. The van der Waals surface area contributed by atoms with E-state index in [9.17, 15) is 13.0 Å². The molecule has 2 fully saturated rings. The Morgan fingerprint density at radius 1 is 1.14 bits per heavy atom.